The summed E-state index contributed by atoms with van der Waals surface area (Å²) >= 11 is 0. The molecule has 15 heavy (non-hydrogen) atoms. The molecule has 0 spiro atoms. The fourth-order valence-electron chi connectivity index (χ4n) is 1.60. The van der Waals surface area contributed by atoms with E-state index in [1.165, 1.54) is 19.2 Å². The number of aryl methyl sites for hydroxylation is 1. The first kappa shape index (κ1) is 9.96. The zero-order chi connectivity index (χ0) is 11.1. The summed E-state index contributed by atoms with van der Waals surface area (Å²) in [5.74, 6) is 0. The maximum atomic E-state index is 12.5. The number of benzene rings is 1. The van der Waals surface area contributed by atoms with Gasteiger partial charge in [0.05, 0.1) is 11.1 Å². The molecule has 1 aromatic heterocycles. The Balaban J connectivity index is 2.76. The maximum absolute atomic E-state index is 12.5. The van der Waals surface area contributed by atoms with Gasteiger partial charge in [0.25, 0.3) is 0 Å². The number of pyridine rings is 1. The van der Waals surface area contributed by atoms with Crippen molar-refractivity contribution in [1.29, 1.82) is 0 Å². The van der Waals surface area contributed by atoms with E-state index < -0.39 is 11.7 Å². The SMILES string of the molecule is Cc1c(C(F)(F)F)ccc2cccnc12. The van der Waals surface area contributed by atoms with Gasteiger partial charge in [0.1, 0.15) is 0 Å². The molecule has 0 saturated heterocycles. The molecule has 78 valence electrons. The van der Waals surface area contributed by atoms with E-state index in [1.54, 1.807) is 12.1 Å². The highest BCUT2D eigenvalue weighted by Crippen LogP contribution is 2.34. The molecule has 0 aliphatic rings. The Kier molecular flexibility index (Phi) is 2.14. The molecule has 2 rings (SSSR count). The van der Waals surface area contributed by atoms with E-state index in [-0.39, 0.29) is 5.56 Å². The summed E-state index contributed by atoms with van der Waals surface area (Å²) in [4.78, 5) is 3.95. The van der Waals surface area contributed by atoms with Gasteiger partial charge in [0, 0.05) is 11.6 Å². The number of nitrogens with zero attached hydrogens (tertiary/aromatic N) is 1. The summed E-state index contributed by atoms with van der Waals surface area (Å²) in [7, 11) is 0. The zero-order valence-electron chi connectivity index (χ0n) is 7.97. The van der Waals surface area contributed by atoms with Crippen LogP contribution in [-0.4, -0.2) is 4.98 Å². The van der Waals surface area contributed by atoms with Crippen LogP contribution in [0.15, 0.2) is 30.5 Å². The van der Waals surface area contributed by atoms with Crippen LogP contribution in [0.4, 0.5) is 13.2 Å². The monoisotopic (exact) mass is 211 g/mol. The van der Waals surface area contributed by atoms with Crippen LogP contribution >= 0.6 is 0 Å². The Hall–Kier alpha value is -1.58. The standard InChI is InChI=1S/C11H8F3N/c1-7-9(11(12,13)14)5-4-8-3-2-6-15-10(7)8/h2-6H,1H3. The molecule has 4 heteroatoms. The van der Waals surface area contributed by atoms with Crippen LogP contribution in [0.1, 0.15) is 11.1 Å². The summed E-state index contributed by atoms with van der Waals surface area (Å²) in [6.45, 7) is 1.44. The van der Waals surface area contributed by atoms with Crippen molar-refractivity contribution in [2.45, 2.75) is 13.1 Å². The number of rotatable bonds is 0. The zero-order valence-corrected chi connectivity index (χ0v) is 7.97. The number of aromatic nitrogens is 1. The van der Waals surface area contributed by atoms with Crippen LogP contribution in [0.2, 0.25) is 0 Å². The number of halogens is 3. The first-order valence-corrected chi connectivity index (χ1v) is 4.41. The highest BCUT2D eigenvalue weighted by Gasteiger charge is 2.32. The third-order valence-electron chi connectivity index (χ3n) is 2.33. The lowest BCUT2D eigenvalue weighted by atomic mass is 10.0. The molecule has 1 heterocycles. The first-order valence-electron chi connectivity index (χ1n) is 4.41. The highest BCUT2D eigenvalue weighted by atomic mass is 19.4. The Labute approximate surface area is 84.6 Å². The Bertz CT molecular complexity index is 503. The third kappa shape index (κ3) is 1.67. The third-order valence-corrected chi connectivity index (χ3v) is 2.33. The Morgan fingerprint density at radius 2 is 1.87 bits per heavy atom. The fraction of sp³-hybridized carbons (Fsp3) is 0.182. The Morgan fingerprint density at radius 3 is 2.53 bits per heavy atom. The molecule has 0 fully saturated rings. The predicted octanol–water partition coefficient (Wildman–Crippen LogP) is 3.56. The van der Waals surface area contributed by atoms with Crippen LogP contribution in [0.3, 0.4) is 0 Å². The summed E-state index contributed by atoms with van der Waals surface area (Å²) in [5.41, 5.74) is -0.0263. The minimum Gasteiger partial charge on any atom is -0.256 e. The van der Waals surface area contributed by atoms with Crippen LogP contribution in [0, 0.1) is 6.92 Å². The smallest absolute Gasteiger partial charge is 0.256 e. The summed E-state index contributed by atoms with van der Waals surface area (Å²) in [5, 5.41) is 0.725. The van der Waals surface area contributed by atoms with Crippen LogP contribution in [0.5, 0.6) is 0 Å². The van der Waals surface area contributed by atoms with Gasteiger partial charge < -0.3 is 0 Å². The van der Waals surface area contributed by atoms with Gasteiger partial charge in [-0.2, -0.15) is 13.2 Å². The molecule has 0 atom stereocenters. The molecule has 0 N–H and O–H groups in total. The molecule has 1 nitrogen and oxygen atoms in total. The average molecular weight is 211 g/mol. The lowest BCUT2D eigenvalue weighted by Gasteiger charge is -2.11. The van der Waals surface area contributed by atoms with Gasteiger partial charge in [0.15, 0.2) is 0 Å². The maximum Gasteiger partial charge on any atom is 0.416 e. The molecule has 0 amide bonds. The lowest BCUT2D eigenvalue weighted by Crippen LogP contribution is -2.07. The van der Waals surface area contributed by atoms with Crippen LogP contribution in [0.25, 0.3) is 10.9 Å². The molecule has 0 aliphatic heterocycles. The molecule has 0 saturated carbocycles. The van der Waals surface area contributed by atoms with E-state index in [2.05, 4.69) is 4.98 Å². The van der Waals surface area contributed by atoms with Gasteiger partial charge in [0.2, 0.25) is 0 Å². The normalized spacial score (nSPS) is 12.0. The topological polar surface area (TPSA) is 12.9 Å². The number of hydrogen-bond acceptors (Lipinski definition) is 1. The van der Waals surface area contributed by atoms with Crippen molar-refractivity contribution in [3.05, 3.63) is 41.6 Å². The van der Waals surface area contributed by atoms with Crippen molar-refractivity contribution in [3.63, 3.8) is 0 Å². The van der Waals surface area contributed by atoms with Crippen molar-refractivity contribution in [3.8, 4) is 0 Å². The molecular weight excluding hydrogens is 203 g/mol. The number of hydrogen-bond donors (Lipinski definition) is 0. The second-order valence-electron chi connectivity index (χ2n) is 3.31. The molecule has 1 aromatic carbocycles. The quantitative estimate of drug-likeness (QED) is 0.649. The van der Waals surface area contributed by atoms with Gasteiger partial charge in [-0.25, -0.2) is 0 Å². The lowest BCUT2D eigenvalue weighted by molar-refractivity contribution is -0.137. The van der Waals surface area contributed by atoms with Gasteiger partial charge in [-0.3, -0.25) is 4.98 Å². The van der Waals surface area contributed by atoms with Gasteiger partial charge >= 0.3 is 6.18 Å². The van der Waals surface area contributed by atoms with Gasteiger partial charge in [-0.05, 0) is 24.6 Å². The molecule has 0 bridgehead atoms. The van der Waals surface area contributed by atoms with Crippen molar-refractivity contribution >= 4 is 10.9 Å². The summed E-state index contributed by atoms with van der Waals surface area (Å²) < 4.78 is 37.6. The minimum atomic E-state index is -4.31. The van der Waals surface area contributed by atoms with Gasteiger partial charge in [-0.15, -0.1) is 0 Å². The van der Waals surface area contributed by atoms with Crippen LogP contribution in [-0.2, 0) is 6.18 Å². The number of alkyl halides is 3. The predicted molar refractivity (Wildman–Crippen MR) is 51.5 cm³/mol. The van der Waals surface area contributed by atoms with E-state index in [0.717, 1.165) is 11.5 Å². The Morgan fingerprint density at radius 1 is 1.13 bits per heavy atom. The summed E-state index contributed by atoms with van der Waals surface area (Å²) in [6, 6.07) is 5.99. The highest BCUT2D eigenvalue weighted by molar-refractivity contribution is 5.82. The van der Waals surface area contributed by atoms with E-state index in [1.807, 2.05) is 0 Å². The average Bonchev–Trinajstić information content (AvgIpc) is 2.16. The molecule has 0 unspecified atom stereocenters. The number of fused-ring (bicyclic) bond motifs is 1. The van der Waals surface area contributed by atoms with Crippen LogP contribution < -0.4 is 0 Å². The fourth-order valence-corrected chi connectivity index (χ4v) is 1.60. The van der Waals surface area contributed by atoms with Crippen molar-refractivity contribution in [2.75, 3.05) is 0 Å². The summed E-state index contributed by atoms with van der Waals surface area (Å²) in [6.07, 6.45) is -2.81. The molecule has 2 aromatic rings. The van der Waals surface area contributed by atoms with E-state index >= 15 is 0 Å². The molecule has 0 radical (unpaired) electrons. The first-order chi connectivity index (χ1) is 7.00. The minimum absolute atomic E-state index is 0.181. The van der Waals surface area contributed by atoms with Crippen molar-refractivity contribution in [2.24, 2.45) is 0 Å². The molecule has 0 aliphatic carbocycles. The van der Waals surface area contributed by atoms with Gasteiger partial charge in [-0.1, -0.05) is 12.1 Å². The van der Waals surface area contributed by atoms with E-state index in [4.69, 9.17) is 0 Å². The van der Waals surface area contributed by atoms with Crippen molar-refractivity contribution in [1.82, 2.24) is 4.98 Å². The second kappa shape index (κ2) is 3.22. The van der Waals surface area contributed by atoms with Crippen molar-refractivity contribution < 1.29 is 13.2 Å². The van der Waals surface area contributed by atoms with E-state index in [9.17, 15) is 13.2 Å². The molecular formula is C11H8F3N. The van der Waals surface area contributed by atoms with E-state index in [0.29, 0.717) is 5.52 Å². The second-order valence-corrected chi connectivity index (χ2v) is 3.31. The largest absolute Gasteiger partial charge is 0.416 e.